The smallest absolute Gasteiger partial charge is 0.128 e. The number of anilines is 2. The van der Waals surface area contributed by atoms with E-state index in [0.29, 0.717) is 5.41 Å². The van der Waals surface area contributed by atoms with Gasteiger partial charge in [0.1, 0.15) is 5.82 Å². The van der Waals surface area contributed by atoms with Gasteiger partial charge in [0.25, 0.3) is 0 Å². The van der Waals surface area contributed by atoms with Gasteiger partial charge in [-0.15, -0.1) is 0 Å². The lowest BCUT2D eigenvalue weighted by molar-refractivity contribution is 0.0305. The van der Waals surface area contributed by atoms with Crippen molar-refractivity contribution in [1.29, 1.82) is 0 Å². The molecule has 0 aromatic carbocycles. The highest BCUT2D eigenvalue weighted by Gasteiger charge is 2.39. The van der Waals surface area contributed by atoms with E-state index in [2.05, 4.69) is 33.0 Å². The predicted molar refractivity (Wildman–Crippen MR) is 108 cm³/mol. The molecule has 0 N–H and O–H groups in total. The summed E-state index contributed by atoms with van der Waals surface area (Å²) in [6.07, 6.45) is 14.7. The molecule has 0 bridgehead atoms. The Morgan fingerprint density at radius 1 is 0.769 bits per heavy atom. The first-order valence-electron chi connectivity index (χ1n) is 11.0. The van der Waals surface area contributed by atoms with Gasteiger partial charge in [-0.05, 0) is 82.0 Å². The molecule has 26 heavy (non-hydrogen) atoms. The Morgan fingerprint density at radius 2 is 1.46 bits per heavy atom. The monoisotopic (exact) mass is 354 g/mol. The van der Waals surface area contributed by atoms with Crippen LogP contribution in [-0.4, -0.2) is 55.2 Å². The number of nitrogens with zero attached hydrogens (tertiary/aromatic N) is 4. The van der Waals surface area contributed by atoms with Gasteiger partial charge in [0, 0.05) is 32.2 Å². The first-order valence-corrected chi connectivity index (χ1v) is 11.0. The van der Waals surface area contributed by atoms with Crippen LogP contribution in [0.3, 0.4) is 0 Å². The minimum absolute atomic E-state index is 0.631. The molecule has 4 aliphatic rings. The standard InChI is InChI=1S/C22H34N4/c1-2-13-24(12-1)20-6-7-21(23-18-20)26-16-10-22(11-17-26)8-14-25(15-9-22)19-4-3-5-19/h6-7,18-19H,1-5,8-17H2. The van der Waals surface area contributed by atoms with Crippen molar-refractivity contribution in [3.8, 4) is 0 Å². The zero-order valence-electron chi connectivity index (χ0n) is 16.2. The molecule has 0 radical (unpaired) electrons. The first-order chi connectivity index (χ1) is 12.8. The summed E-state index contributed by atoms with van der Waals surface area (Å²) in [4.78, 5) is 12.6. The lowest BCUT2D eigenvalue weighted by atomic mass is 9.70. The van der Waals surface area contributed by atoms with Crippen molar-refractivity contribution in [1.82, 2.24) is 9.88 Å². The van der Waals surface area contributed by atoms with Gasteiger partial charge >= 0.3 is 0 Å². The third-order valence-electron chi connectivity index (χ3n) is 7.80. The Morgan fingerprint density at radius 3 is 2.04 bits per heavy atom. The maximum absolute atomic E-state index is 4.81. The van der Waals surface area contributed by atoms with Crippen LogP contribution in [0, 0.1) is 5.41 Å². The highest BCUT2D eigenvalue weighted by molar-refractivity contribution is 5.51. The summed E-state index contributed by atoms with van der Waals surface area (Å²) >= 11 is 0. The molecule has 3 aliphatic heterocycles. The quantitative estimate of drug-likeness (QED) is 0.820. The van der Waals surface area contributed by atoms with E-state index in [4.69, 9.17) is 4.98 Å². The molecule has 4 fully saturated rings. The van der Waals surface area contributed by atoms with Crippen LogP contribution in [0.5, 0.6) is 0 Å². The summed E-state index contributed by atoms with van der Waals surface area (Å²) < 4.78 is 0. The van der Waals surface area contributed by atoms with Crippen LogP contribution in [0.1, 0.15) is 57.8 Å². The summed E-state index contributed by atoms with van der Waals surface area (Å²) in [5.74, 6) is 1.19. The molecule has 4 heterocycles. The van der Waals surface area contributed by atoms with E-state index in [0.717, 1.165) is 6.04 Å². The number of rotatable bonds is 3. The molecule has 0 atom stereocenters. The van der Waals surface area contributed by atoms with E-state index in [-0.39, 0.29) is 0 Å². The van der Waals surface area contributed by atoms with E-state index in [1.807, 2.05) is 0 Å². The topological polar surface area (TPSA) is 22.6 Å². The lowest BCUT2D eigenvalue weighted by Gasteiger charge is -2.50. The lowest BCUT2D eigenvalue weighted by Crippen LogP contribution is -2.51. The fraction of sp³-hybridized carbons (Fsp3) is 0.773. The van der Waals surface area contributed by atoms with E-state index >= 15 is 0 Å². The van der Waals surface area contributed by atoms with Crippen LogP contribution in [0.2, 0.25) is 0 Å². The zero-order chi connectivity index (χ0) is 17.4. The fourth-order valence-electron chi connectivity index (χ4n) is 5.55. The second kappa shape index (κ2) is 7.03. The van der Waals surface area contributed by atoms with Crippen molar-refractivity contribution < 1.29 is 0 Å². The normalized spacial score (nSPS) is 27.1. The molecule has 4 heteroatoms. The zero-order valence-corrected chi connectivity index (χ0v) is 16.2. The molecule has 1 spiro atoms. The fourth-order valence-corrected chi connectivity index (χ4v) is 5.55. The summed E-state index contributed by atoms with van der Waals surface area (Å²) in [6.45, 7) is 7.50. The van der Waals surface area contributed by atoms with Crippen LogP contribution in [0.4, 0.5) is 11.5 Å². The van der Waals surface area contributed by atoms with Crippen molar-refractivity contribution in [2.45, 2.75) is 63.8 Å². The van der Waals surface area contributed by atoms with E-state index in [1.54, 1.807) is 0 Å². The predicted octanol–water partition coefficient (Wildman–Crippen LogP) is 3.92. The van der Waals surface area contributed by atoms with E-state index in [1.165, 1.54) is 109 Å². The first kappa shape index (κ1) is 16.9. The van der Waals surface area contributed by atoms with Crippen LogP contribution < -0.4 is 9.80 Å². The third kappa shape index (κ3) is 3.21. The van der Waals surface area contributed by atoms with Gasteiger partial charge in [-0.3, -0.25) is 0 Å². The summed E-state index contributed by atoms with van der Waals surface area (Å²) in [5, 5.41) is 0. The van der Waals surface area contributed by atoms with E-state index in [9.17, 15) is 0 Å². The Bertz CT molecular complexity index is 585. The molecule has 0 unspecified atom stereocenters. The minimum atomic E-state index is 0.631. The second-order valence-electron chi connectivity index (χ2n) is 9.18. The van der Waals surface area contributed by atoms with Gasteiger partial charge in [0.15, 0.2) is 0 Å². The van der Waals surface area contributed by atoms with Crippen molar-refractivity contribution in [2.75, 3.05) is 49.1 Å². The van der Waals surface area contributed by atoms with Crippen LogP contribution in [0.25, 0.3) is 0 Å². The largest absolute Gasteiger partial charge is 0.370 e. The summed E-state index contributed by atoms with van der Waals surface area (Å²) in [5.41, 5.74) is 1.94. The minimum Gasteiger partial charge on any atom is -0.370 e. The average Bonchev–Trinajstić information content (AvgIpc) is 3.18. The Labute approximate surface area is 158 Å². The molecule has 4 nitrogen and oxygen atoms in total. The van der Waals surface area contributed by atoms with Crippen LogP contribution in [0.15, 0.2) is 18.3 Å². The van der Waals surface area contributed by atoms with Crippen molar-refractivity contribution in [3.63, 3.8) is 0 Å². The Hall–Kier alpha value is -1.29. The van der Waals surface area contributed by atoms with Gasteiger partial charge in [-0.2, -0.15) is 0 Å². The second-order valence-corrected chi connectivity index (χ2v) is 9.18. The summed E-state index contributed by atoms with van der Waals surface area (Å²) in [6, 6.07) is 5.48. The molecule has 142 valence electrons. The molecule has 3 saturated heterocycles. The van der Waals surface area contributed by atoms with E-state index < -0.39 is 0 Å². The Kier molecular flexibility index (Phi) is 4.56. The average molecular weight is 355 g/mol. The van der Waals surface area contributed by atoms with Gasteiger partial charge in [0.2, 0.25) is 0 Å². The van der Waals surface area contributed by atoms with Gasteiger partial charge < -0.3 is 14.7 Å². The van der Waals surface area contributed by atoms with Crippen LogP contribution >= 0.6 is 0 Å². The maximum atomic E-state index is 4.81. The van der Waals surface area contributed by atoms with Crippen LogP contribution in [-0.2, 0) is 0 Å². The van der Waals surface area contributed by atoms with Gasteiger partial charge in [-0.25, -0.2) is 4.98 Å². The van der Waals surface area contributed by atoms with Crippen molar-refractivity contribution in [3.05, 3.63) is 18.3 Å². The Balaban J connectivity index is 1.15. The number of hydrogen-bond acceptors (Lipinski definition) is 4. The van der Waals surface area contributed by atoms with Crippen molar-refractivity contribution in [2.24, 2.45) is 5.41 Å². The number of aromatic nitrogens is 1. The molecule has 5 rings (SSSR count). The summed E-state index contributed by atoms with van der Waals surface area (Å²) in [7, 11) is 0. The third-order valence-corrected chi connectivity index (χ3v) is 7.80. The number of pyridine rings is 1. The van der Waals surface area contributed by atoms with Gasteiger partial charge in [0.05, 0.1) is 11.9 Å². The molecule has 1 saturated carbocycles. The number of piperidine rings is 2. The molecular formula is C22H34N4. The van der Waals surface area contributed by atoms with Gasteiger partial charge in [-0.1, -0.05) is 6.42 Å². The SMILES string of the molecule is c1cc(N2CCC3(CC2)CCN(C2CCC2)CC3)ncc1N1CCCC1. The highest BCUT2D eigenvalue weighted by Crippen LogP contribution is 2.43. The molecule has 1 aromatic heterocycles. The maximum Gasteiger partial charge on any atom is 0.128 e. The highest BCUT2D eigenvalue weighted by atomic mass is 15.2. The number of hydrogen-bond donors (Lipinski definition) is 0. The molecule has 0 amide bonds. The molecular weight excluding hydrogens is 320 g/mol. The number of likely N-dealkylation sites (tertiary alicyclic amines) is 1. The van der Waals surface area contributed by atoms with Crippen molar-refractivity contribution >= 4 is 11.5 Å². The molecule has 1 aliphatic carbocycles. The molecule has 1 aromatic rings.